The highest BCUT2D eigenvalue weighted by Gasteiger charge is 2.16. The molecule has 0 fully saturated rings. The number of rotatable bonds is 6. The minimum atomic E-state index is -0.692. The van der Waals surface area contributed by atoms with Gasteiger partial charge in [-0.15, -0.1) is 0 Å². The normalized spacial score (nSPS) is 11.4. The van der Waals surface area contributed by atoms with Crippen LogP contribution >= 0.6 is 0 Å². The second-order valence-corrected chi connectivity index (χ2v) is 5.64. The lowest BCUT2D eigenvalue weighted by Crippen LogP contribution is -2.30. The smallest absolute Gasteiger partial charge is 0.265 e. The van der Waals surface area contributed by atoms with Gasteiger partial charge in [-0.3, -0.25) is 4.79 Å². The molecule has 7 nitrogen and oxygen atoms in total. The van der Waals surface area contributed by atoms with E-state index in [9.17, 15) is 4.79 Å². The lowest BCUT2D eigenvalue weighted by atomic mass is 10.1. The molecular formula is C19H17N5O2. The van der Waals surface area contributed by atoms with Gasteiger partial charge in [0, 0.05) is 5.69 Å². The quantitative estimate of drug-likeness (QED) is 0.740. The van der Waals surface area contributed by atoms with E-state index in [2.05, 4.69) is 15.4 Å². The highest BCUT2D eigenvalue weighted by atomic mass is 16.5. The van der Waals surface area contributed by atoms with Crippen LogP contribution in [0.5, 0.6) is 5.75 Å². The summed E-state index contributed by atoms with van der Waals surface area (Å²) in [5.41, 5.74) is 2.15. The third kappa shape index (κ3) is 4.24. The van der Waals surface area contributed by atoms with Crippen LogP contribution in [0, 0.1) is 11.3 Å². The summed E-state index contributed by atoms with van der Waals surface area (Å²) in [5, 5.41) is 15.8. The summed E-state index contributed by atoms with van der Waals surface area (Å²) in [6, 6.07) is 16.2. The second-order valence-electron chi connectivity index (χ2n) is 5.64. The molecule has 26 heavy (non-hydrogen) atoms. The maximum absolute atomic E-state index is 12.5. The van der Waals surface area contributed by atoms with Crippen LogP contribution < -0.4 is 10.1 Å². The zero-order valence-corrected chi connectivity index (χ0v) is 14.2. The minimum absolute atomic E-state index is 0.264. The zero-order chi connectivity index (χ0) is 18.4. The van der Waals surface area contributed by atoms with Crippen LogP contribution in [0.2, 0.25) is 0 Å². The van der Waals surface area contributed by atoms with Crippen molar-refractivity contribution >= 4 is 11.6 Å². The number of benzene rings is 2. The first-order valence-electron chi connectivity index (χ1n) is 8.03. The molecule has 0 bridgehead atoms. The van der Waals surface area contributed by atoms with E-state index >= 15 is 0 Å². The molecule has 0 saturated heterocycles. The largest absolute Gasteiger partial charge is 0.481 e. The number of amides is 1. The Bertz CT molecular complexity index is 914. The van der Waals surface area contributed by atoms with Gasteiger partial charge < -0.3 is 10.1 Å². The Morgan fingerprint density at radius 1 is 1.27 bits per heavy atom. The van der Waals surface area contributed by atoms with Crippen molar-refractivity contribution < 1.29 is 9.53 Å². The molecule has 1 atom stereocenters. The number of nitriles is 1. The summed E-state index contributed by atoms with van der Waals surface area (Å²) in [6.07, 6.45) is 2.39. The van der Waals surface area contributed by atoms with Crippen molar-refractivity contribution in [3.63, 3.8) is 0 Å². The fraction of sp³-hybridized carbons (Fsp3) is 0.158. The van der Waals surface area contributed by atoms with Crippen molar-refractivity contribution in [3.05, 3.63) is 72.3 Å². The standard InChI is InChI=1S/C19H17N5O2/c1-14(26-17-8-6-15(10-20)7-9-17)19(25)23-18-5-3-2-4-16(18)11-24-13-21-12-22-24/h2-9,12-14H,11H2,1H3,(H,23,25)/t14-/m1/s1. The molecular weight excluding hydrogens is 330 g/mol. The van der Waals surface area contributed by atoms with E-state index in [1.54, 1.807) is 42.2 Å². The van der Waals surface area contributed by atoms with Crippen molar-refractivity contribution in [1.29, 1.82) is 5.26 Å². The van der Waals surface area contributed by atoms with Gasteiger partial charge in [0.25, 0.3) is 5.91 Å². The Morgan fingerprint density at radius 2 is 2.04 bits per heavy atom. The highest BCUT2D eigenvalue weighted by Crippen LogP contribution is 2.18. The Morgan fingerprint density at radius 3 is 2.73 bits per heavy atom. The molecule has 1 amide bonds. The van der Waals surface area contributed by atoms with E-state index in [-0.39, 0.29) is 5.91 Å². The molecule has 3 rings (SSSR count). The molecule has 3 aromatic rings. The van der Waals surface area contributed by atoms with Gasteiger partial charge in [-0.2, -0.15) is 10.4 Å². The van der Waals surface area contributed by atoms with Crippen LogP contribution in [0.3, 0.4) is 0 Å². The van der Waals surface area contributed by atoms with Crippen molar-refractivity contribution in [2.45, 2.75) is 19.6 Å². The van der Waals surface area contributed by atoms with Crippen LogP contribution in [0.15, 0.2) is 61.2 Å². The van der Waals surface area contributed by atoms with E-state index in [0.29, 0.717) is 23.5 Å². The molecule has 0 saturated carbocycles. The first-order chi connectivity index (χ1) is 12.7. The number of carbonyl (C=O) groups is 1. The highest BCUT2D eigenvalue weighted by molar-refractivity contribution is 5.94. The summed E-state index contributed by atoms with van der Waals surface area (Å²) in [5.74, 6) is 0.267. The molecule has 2 aromatic carbocycles. The molecule has 0 aliphatic carbocycles. The molecule has 1 aromatic heterocycles. The average Bonchev–Trinajstić information content (AvgIpc) is 3.17. The number of hydrogen-bond acceptors (Lipinski definition) is 5. The van der Waals surface area contributed by atoms with Crippen LogP contribution in [0.1, 0.15) is 18.1 Å². The lowest BCUT2D eigenvalue weighted by Gasteiger charge is -2.16. The number of hydrogen-bond donors (Lipinski definition) is 1. The Kier molecular flexibility index (Phi) is 5.25. The maximum atomic E-state index is 12.5. The molecule has 0 aliphatic heterocycles. The number of para-hydroxylation sites is 1. The Balaban J connectivity index is 1.66. The van der Waals surface area contributed by atoms with Gasteiger partial charge in [0.1, 0.15) is 18.4 Å². The molecule has 0 aliphatic rings. The van der Waals surface area contributed by atoms with Crippen LogP contribution in [-0.2, 0) is 11.3 Å². The van der Waals surface area contributed by atoms with Crippen LogP contribution in [0.4, 0.5) is 5.69 Å². The van der Waals surface area contributed by atoms with E-state index < -0.39 is 6.10 Å². The first-order valence-corrected chi connectivity index (χ1v) is 8.03. The summed E-state index contributed by atoms with van der Waals surface area (Å²) < 4.78 is 7.33. The van der Waals surface area contributed by atoms with Crippen molar-refractivity contribution in [2.24, 2.45) is 0 Å². The predicted molar refractivity (Wildman–Crippen MR) is 95.4 cm³/mol. The van der Waals surface area contributed by atoms with Gasteiger partial charge in [-0.25, -0.2) is 9.67 Å². The molecule has 0 radical (unpaired) electrons. The molecule has 1 N–H and O–H groups in total. The summed E-state index contributed by atoms with van der Waals surface area (Å²) >= 11 is 0. The third-order valence-corrected chi connectivity index (χ3v) is 3.74. The van der Waals surface area contributed by atoms with Gasteiger partial charge in [-0.05, 0) is 42.8 Å². The van der Waals surface area contributed by atoms with E-state index in [1.807, 2.05) is 30.3 Å². The van der Waals surface area contributed by atoms with E-state index in [4.69, 9.17) is 10.00 Å². The zero-order valence-electron chi connectivity index (χ0n) is 14.2. The third-order valence-electron chi connectivity index (χ3n) is 3.74. The Labute approximate surface area is 150 Å². The lowest BCUT2D eigenvalue weighted by molar-refractivity contribution is -0.122. The number of ether oxygens (including phenoxy) is 1. The molecule has 0 unspecified atom stereocenters. The summed E-state index contributed by atoms with van der Waals surface area (Å²) in [7, 11) is 0. The number of aromatic nitrogens is 3. The van der Waals surface area contributed by atoms with E-state index in [0.717, 1.165) is 5.56 Å². The molecule has 1 heterocycles. The van der Waals surface area contributed by atoms with Crippen molar-refractivity contribution in [1.82, 2.24) is 14.8 Å². The van der Waals surface area contributed by atoms with Crippen molar-refractivity contribution in [2.75, 3.05) is 5.32 Å². The average molecular weight is 347 g/mol. The van der Waals surface area contributed by atoms with Gasteiger partial charge in [-0.1, -0.05) is 18.2 Å². The molecule has 7 heteroatoms. The van der Waals surface area contributed by atoms with Crippen LogP contribution in [-0.4, -0.2) is 26.8 Å². The van der Waals surface area contributed by atoms with Crippen molar-refractivity contribution in [3.8, 4) is 11.8 Å². The SMILES string of the molecule is C[C@@H](Oc1ccc(C#N)cc1)C(=O)Nc1ccccc1Cn1cncn1. The Hall–Kier alpha value is -3.66. The number of nitrogens with zero attached hydrogens (tertiary/aromatic N) is 4. The van der Waals surface area contributed by atoms with E-state index in [1.165, 1.54) is 6.33 Å². The van der Waals surface area contributed by atoms with Gasteiger partial charge in [0.15, 0.2) is 6.10 Å². The summed E-state index contributed by atoms with van der Waals surface area (Å²) in [4.78, 5) is 16.4. The second kappa shape index (κ2) is 7.94. The van der Waals surface area contributed by atoms with Gasteiger partial charge in [0.05, 0.1) is 18.2 Å². The maximum Gasteiger partial charge on any atom is 0.265 e. The molecule has 0 spiro atoms. The fourth-order valence-electron chi connectivity index (χ4n) is 2.37. The first kappa shape index (κ1) is 17.2. The minimum Gasteiger partial charge on any atom is -0.481 e. The topological polar surface area (TPSA) is 92.8 Å². The summed E-state index contributed by atoms with van der Waals surface area (Å²) in [6.45, 7) is 2.18. The van der Waals surface area contributed by atoms with Crippen LogP contribution in [0.25, 0.3) is 0 Å². The number of nitrogens with one attached hydrogen (secondary N) is 1. The predicted octanol–water partition coefficient (Wildman–Crippen LogP) is 2.60. The number of carbonyl (C=O) groups excluding carboxylic acids is 1. The van der Waals surface area contributed by atoms with Gasteiger partial charge in [0.2, 0.25) is 0 Å². The fourth-order valence-corrected chi connectivity index (χ4v) is 2.37. The number of anilines is 1. The van der Waals surface area contributed by atoms with Gasteiger partial charge >= 0.3 is 0 Å². The monoisotopic (exact) mass is 347 g/mol. The molecule has 130 valence electrons.